The highest BCUT2D eigenvalue weighted by Gasteiger charge is 2.38. The molecule has 0 N–H and O–H groups in total. The van der Waals surface area contributed by atoms with Crippen LogP contribution in [0, 0.1) is 0 Å². The summed E-state index contributed by atoms with van der Waals surface area (Å²) in [6, 6.07) is 5.88. The first kappa shape index (κ1) is 13.3. The van der Waals surface area contributed by atoms with Gasteiger partial charge in [-0.15, -0.1) is 11.3 Å². The van der Waals surface area contributed by atoms with Crippen LogP contribution in [0.5, 0.6) is 0 Å². The predicted molar refractivity (Wildman–Crippen MR) is 80.0 cm³/mol. The molecule has 0 bridgehead atoms. The molecule has 0 radical (unpaired) electrons. The highest BCUT2D eigenvalue weighted by atomic mass is 35.5. The number of aromatic nitrogens is 1. The van der Waals surface area contributed by atoms with Crippen molar-refractivity contribution in [2.24, 2.45) is 0 Å². The Hall–Kier alpha value is -0.680. The highest BCUT2D eigenvalue weighted by molar-refractivity contribution is 7.18. The van der Waals surface area contributed by atoms with Crippen LogP contribution in [0.15, 0.2) is 18.2 Å². The van der Waals surface area contributed by atoms with Gasteiger partial charge in [-0.25, -0.2) is 4.98 Å². The van der Waals surface area contributed by atoms with Crippen LogP contribution in [0.2, 0.25) is 5.02 Å². The fourth-order valence-electron chi connectivity index (χ4n) is 2.58. The SMILES string of the molecule is COC1(c2nc3cc(Cl)ccc3s2)CCN(C)CC1. The maximum absolute atomic E-state index is 6.03. The minimum absolute atomic E-state index is 0.220. The Morgan fingerprint density at radius 1 is 1.37 bits per heavy atom. The summed E-state index contributed by atoms with van der Waals surface area (Å²) >= 11 is 7.75. The average molecular weight is 297 g/mol. The maximum atomic E-state index is 6.03. The monoisotopic (exact) mass is 296 g/mol. The lowest BCUT2D eigenvalue weighted by atomic mass is 9.92. The van der Waals surface area contributed by atoms with Crippen molar-refractivity contribution in [1.29, 1.82) is 0 Å². The largest absolute Gasteiger partial charge is 0.371 e. The van der Waals surface area contributed by atoms with Crippen LogP contribution < -0.4 is 0 Å². The van der Waals surface area contributed by atoms with E-state index in [-0.39, 0.29) is 5.60 Å². The first-order valence-corrected chi connectivity index (χ1v) is 7.63. The number of nitrogens with zero attached hydrogens (tertiary/aromatic N) is 2. The van der Waals surface area contributed by atoms with Gasteiger partial charge in [-0.05, 0) is 38.1 Å². The molecule has 3 rings (SSSR count). The first-order valence-electron chi connectivity index (χ1n) is 6.43. The molecule has 0 amide bonds. The summed E-state index contributed by atoms with van der Waals surface area (Å²) in [5.41, 5.74) is 0.755. The summed E-state index contributed by atoms with van der Waals surface area (Å²) in [5, 5.41) is 1.82. The molecule has 5 heteroatoms. The first-order chi connectivity index (χ1) is 9.13. The van der Waals surface area contributed by atoms with E-state index in [9.17, 15) is 0 Å². The van der Waals surface area contributed by atoms with Crippen LogP contribution in [0.1, 0.15) is 17.8 Å². The van der Waals surface area contributed by atoms with Gasteiger partial charge in [-0.2, -0.15) is 0 Å². The summed E-state index contributed by atoms with van der Waals surface area (Å²) in [5.74, 6) is 0. The Morgan fingerprint density at radius 2 is 2.11 bits per heavy atom. The normalized spacial score (nSPS) is 19.9. The Kier molecular flexibility index (Phi) is 3.52. The van der Waals surface area contributed by atoms with E-state index in [1.54, 1.807) is 18.4 Å². The third-order valence-corrected chi connectivity index (χ3v) is 5.38. The van der Waals surface area contributed by atoms with Gasteiger partial charge in [0.1, 0.15) is 10.6 Å². The van der Waals surface area contributed by atoms with Gasteiger partial charge in [0.25, 0.3) is 0 Å². The number of halogens is 1. The van der Waals surface area contributed by atoms with E-state index in [4.69, 9.17) is 21.3 Å². The van der Waals surface area contributed by atoms with Gasteiger partial charge in [-0.1, -0.05) is 11.6 Å². The molecular weight excluding hydrogens is 280 g/mol. The van der Waals surface area contributed by atoms with E-state index in [1.807, 2.05) is 18.2 Å². The Balaban J connectivity index is 2.01. The van der Waals surface area contributed by atoms with Crippen molar-refractivity contribution in [3.05, 3.63) is 28.2 Å². The van der Waals surface area contributed by atoms with E-state index >= 15 is 0 Å². The minimum atomic E-state index is -0.220. The zero-order chi connectivity index (χ0) is 13.5. The van der Waals surface area contributed by atoms with Gasteiger partial charge >= 0.3 is 0 Å². The fourth-order valence-corrected chi connectivity index (χ4v) is 3.92. The van der Waals surface area contributed by atoms with E-state index in [0.29, 0.717) is 0 Å². The van der Waals surface area contributed by atoms with E-state index in [1.165, 1.54) is 4.70 Å². The van der Waals surface area contributed by atoms with Crippen LogP contribution in [0.4, 0.5) is 0 Å². The van der Waals surface area contributed by atoms with Gasteiger partial charge in [0, 0.05) is 25.2 Å². The van der Waals surface area contributed by atoms with Crippen LogP contribution in [0.3, 0.4) is 0 Å². The summed E-state index contributed by atoms with van der Waals surface area (Å²) in [6.45, 7) is 2.09. The number of methoxy groups -OCH3 is 1. The van der Waals surface area contributed by atoms with Crippen molar-refractivity contribution in [2.45, 2.75) is 18.4 Å². The second-order valence-corrected chi connectivity index (χ2v) is 6.60. The van der Waals surface area contributed by atoms with Crippen molar-refractivity contribution in [3.63, 3.8) is 0 Å². The smallest absolute Gasteiger partial charge is 0.126 e. The van der Waals surface area contributed by atoms with Gasteiger partial charge in [0.2, 0.25) is 0 Å². The number of fused-ring (bicyclic) bond motifs is 1. The predicted octanol–water partition coefficient (Wildman–Crippen LogP) is 3.52. The van der Waals surface area contributed by atoms with E-state index in [2.05, 4.69) is 11.9 Å². The third-order valence-electron chi connectivity index (χ3n) is 3.92. The second kappa shape index (κ2) is 5.02. The van der Waals surface area contributed by atoms with Crippen LogP contribution in [-0.4, -0.2) is 37.1 Å². The molecule has 0 spiro atoms. The number of piperidine rings is 1. The lowest BCUT2D eigenvalue weighted by molar-refractivity contribution is -0.0584. The molecule has 0 unspecified atom stereocenters. The summed E-state index contributed by atoms with van der Waals surface area (Å²) in [6.07, 6.45) is 1.99. The zero-order valence-electron chi connectivity index (χ0n) is 11.1. The molecule has 102 valence electrons. The molecule has 1 aromatic heterocycles. The number of hydrogen-bond acceptors (Lipinski definition) is 4. The number of hydrogen-bond donors (Lipinski definition) is 0. The standard InChI is InChI=1S/C14H17ClN2OS/c1-17-7-5-14(18-2,6-8-17)13-16-11-9-10(15)3-4-12(11)19-13/h3-4,9H,5-8H2,1-2H3. The molecule has 1 aliphatic heterocycles. The molecule has 3 nitrogen and oxygen atoms in total. The summed E-state index contributed by atoms with van der Waals surface area (Å²) in [4.78, 5) is 7.09. The third kappa shape index (κ3) is 2.38. The van der Waals surface area contributed by atoms with Crippen LogP contribution in [-0.2, 0) is 10.3 Å². The van der Waals surface area contributed by atoms with Gasteiger partial charge in [0.05, 0.1) is 10.2 Å². The molecule has 19 heavy (non-hydrogen) atoms. The Morgan fingerprint density at radius 3 is 2.79 bits per heavy atom. The highest BCUT2D eigenvalue weighted by Crippen LogP contribution is 2.40. The molecule has 0 saturated carbocycles. The number of ether oxygens (including phenoxy) is 1. The number of thiazole rings is 1. The van der Waals surface area contributed by atoms with Gasteiger partial charge in [-0.3, -0.25) is 0 Å². The Bertz CT molecular complexity index is 590. The van der Waals surface area contributed by atoms with Gasteiger partial charge in [0.15, 0.2) is 0 Å². The molecule has 0 aliphatic carbocycles. The van der Waals surface area contributed by atoms with Crippen molar-refractivity contribution in [2.75, 3.05) is 27.2 Å². The molecule has 1 aromatic carbocycles. The van der Waals surface area contributed by atoms with Crippen LogP contribution in [0.25, 0.3) is 10.2 Å². The zero-order valence-corrected chi connectivity index (χ0v) is 12.7. The molecule has 1 aliphatic rings. The lowest BCUT2D eigenvalue weighted by Crippen LogP contribution is -2.42. The lowest BCUT2D eigenvalue weighted by Gasteiger charge is -2.38. The van der Waals surface area contributed by atoms with Crippen molar-refractivity contribution in [1.82, 2.24) is 9.88 Å². The number of rotatable bonds is 2. The van der Waals surface area contributed by atoms with E-state index < -0.39 is 0 Å². The summed E-state index contributed by atoms with van der Waals surface area (Å²) in [7, 11) is 3.95. The number of likely N-dealkylation sites (tertiary alicyclic amines) is 1. The van der Waals surface area contributed by atoms with Crippen molar-refractivity contribution < 1.29 is 4.74 Å². The van der Waals surface area contributed by atoms with Crippen molar-refractivity contribution >= 4 is 33.2 Å². The molecule has 0 atom stereocenters. The Labute approximate surface area is 122 Å². The molecule has 2 aromatic rings. The van der Waals surface area contributed by atoms with Gasteiger partial charge < -0.3 is 9.64 Å². The number of benzene rings is 1. The summed E-state index contributed by atoms with van der Waals surface area (Å²) < 4.78 is 7.04. The molecule has 1 fully saturated rings. The topological polar surface area (TPSA) is 25.4 Å². The van der Waals surface area contributed by atoms with Crippen LogP contribution >= 0.6 is 22.9 Å². The van der Waals surface area contributed by atoms with E-state index in [0.717, 1.165) is 41.5 Å². The second-order valence-electron chi connectivity index (χ2n) is 5.13. The molecule has 1 saturated heterocycles. The average Bonchev–Trinajstić information content (AvgIpc) is 2.83. The molecule has 2 heterocycles. The molecular formula is C14H17ClN2OS. The van der Waals surface area contributed by atoms with Crippen molar-refractivity contribution in [3.8, 4) is 0 Å². The fraction of sp³-hybridized carbons (Fsp3) is 0.500. The maximum Gasteiger partial charge on any atom is 0.126 e. The quantitative estimate of drug-likeness (QED) is 0.848. The minimum Gasteiger partial charge on any atom is -0.371 e.